The van der Waals surface area contributed by atoms with E-state index in [2.05, 4.69) is 24.5 Å². The Bertz CT molecular complexity index is 591. The Balaban J connectivity index is 2.01. The van der Waals surface area contributed by atoms with E-state index in [1.807, 2.05) is 24.3 Å². The van der Waals surface area contributed by atoms with Gasteiger partial charge in [-0.2, -0.15) is 0 Å². The summed E-state index contributed by atoms with van der Waals surface area (Å²) < 4.78 is 0. The van der Waals surface area contributed by atoms with Crippen molar-refractivity contribution < 1.29 is 4.79 Å². The first-order valence-electron chi connectivity index (χ1n) is 6.58. The highest BCUT2D eigenvalue weighted by Crippen LogP contribution is 2.19. The van der Waals surface area contributed by atoms with Gasteiger partial charge in [0.25, 0.3) is 0 Å². The molecule has 20 heavy (non-hydrogen) atoms. The fourth-order valence-corrected chi connectivity index (χ4v) is 1.84. The second-order valence-corrected chi connectivity index (χ2v) is 4.98. The van der Waals surface area contributed by atoms with E-state index in [9.17, 15) is 4.79 Å². The van der Waals surface area contributed by atoms with Gasteiger partial charge in [0.1, 0.15) is 0 Å². The number of carbonyl (C=O) groups is 1. The summed E-state index contributed by atoms with van der Waals surface area (Å²) in [5.74, 6) is 0.428. The van der Waals surface area contributed by atoms with E-state index in [0.29, 0.717) is 17.3 Å². The van der Waals surface area contributed by atoms with Gasteiger partial charge in [-0.15, -0.1) is 0 Å². The predicted octanol–water partition coefficient (Wildman–Crippen LogP) is 4.04. The second kappa shape index (κ2) is 6.10. The van der Waals surface area contributed by atoms with Crippen LogP contribution in [0.2, 0.25) is 0 Å². The second-order valence-electron chi connectivity index (χ2n) is 4.98. The summed E-state index contributed by atoms with van der Waals surface area (Å²) in [6, 6.07) is 14.6. The summed E-state index contributed by atoms with van der Waals surface area (Å²) in [4.78, 5) is 11.9. The molecular formula is C16H19N3O. The number of carbonyl (C=O) groups excluding carboxylic acids is 1. The molecule has 0 aliphatic rings. The van der Waals surface area contributed by atoms with Gasteiger partial charge < -0.3 is 16.4 Å². The maximum atomic E-state index is 11.9. The zero-order valence-electron chi connectivity index (χ0n) is 11.7. The van der Waals surface area contributed by atoms with Gasteiger partial charge in [-0.3, -0.25) is 0 Å². The average molecular weight is 269 g/mol. The topological polar surface area (TPSA) is 67.2 Å². The molecule has 2 aromatic rings. The highest BCUT2D eigenvalue weighted by molar-refractivity contribution is 5.99. The standard InChI is InChI=1S/C16H19N3O/c1-11(2)12-4-3-5-15(10-12)19-16(20)18-14-8-6-13(17)7-9-14/h3-11H,17H2,1-2H3,(H2,18,19,20). The van der Waals surface area contributed by atoms with Crippen LogP contribution in [0.3, 0.4) is 0 Å². The lowest BCUT2D eigenvalue weighted by molar-refractivity contribution is 0.262. The Hall–Kier alpha value is -2.49. The van der Waals surface area contributed by atoms with Crippen LogP contribution < -0.4 is 16.4 Å². The number of rotatable bonds is 3. The minimum absolute atomic E-state index is 0.268. The van der Waals surface area contributed by atoms with Crippen molar-refractivity contribution in [3.8, 4) is 0 Å². The molecule has 2 aromatic carbocycles. The molecule has 0 aliphatic heterocycles. The van der Waals surface area contributed by atoms with Gasteiger partial charge in [-0.1, -0.05) is 26.0 Å². The molecule has 2 amide bonds. The van der Waals surface area contributed by atoms with E-state index >= 15 is 0 Å². The molecule has 0 aromatic heterocycles. The number of benzene rings is 2. The van der Waals surface area contributed by atoms with Crippen LogP contribution in [0.4, 0.5) is 21.9 Å². The number of nitrogens with one attached hydrogen (secondary N) is 2. The molecule has 0 saturated carbocycles. The third kappa shape index (κ3) is 3.75. The van der Waals surface area contributed by atoms with Crippen LogP contribution in [0.5, 0.6) is 0 Å². The molecule has 0 aliphatic carbocycles. The minimum Gasteiger partial charge on any atom is -0.399 e. The molecule has 0 radical (unpaired) electrons. The average Bonchev–Trinajstić information content (AvgIpc) is 2.41. The molecule has 0 spiro atoms. The van der Waals surface area contributed by atoms with Crippen molar-refractivity contribution in [1.82, 2.24) is 0 Å². The molecule has 4 heteroatoms. The minimum atomic E-state index is -0.268. The third-order valence-electron chi connectivity index (χ3n) is 2.98. The summed E-state index contributed by atoms with van der Waals surface area (Å²) in [5, 5.41) is 5.58. The van der Waals surface area contributed by atoms with Gasteiger partial charge in [-0.05, 0) is 47.9 Å². The first-order valence-corrected chi connectivity index (χ1v) is 6.58. The van der Waals surface area contributed by atoms with E-state index in [-0.39, 0.29) is 6.03 Å². The van der Waals surface area contributed by atoms with Crippen LogP contribution in [0.15, 0.2) is 48.5 Å². The van der Waals surface area contributed by atoms with Crippen LogP contribution in [0.1, 0.15) is 25.3 Å². The van der Waals surface area contributed by atoms with Gasteiger partial charge in [0.15, 0.2) is 0 Å². The fraction of sp³-hybridized carbons (Fsp3) is 0.188. The van der Waals surface area contributed by atoms with Crippen molar-refractivity contribution in [2.75, 3.05) is 16.4 Å². The highest BCUT2D eigenvalue weighted by Gasteiger charge is 2.04. The first kappa shape index (κ1) is 13.9. The van der Waals surface area contributed by atoms with Gasteiger partial charge in [0.2, 0.25) is 0 Å². The molecule has 2 rings (SSSR count). The van der Waals surface area contributed by atoms with Crippen molar-refractivity contribution in [3.05, 3.63) is 54.1 Å². The number of hydrogen-bond acceptors (Lipinski definition) is 2. The maximum absolute atomic E-state index is 11.9. The summed E-state index contributed by atoms with van der Waals surface area (Å²) in [6.45, 7) is 4.24. The predicted molar refractivity (Wildman–Crippen MR) is 84.0 cm³/mol. The van der Waals surface area contributed by atoms with E-state index in [1.165, 1.54) is 5.56 Å². The first-order chi connectivity index (χ1) is 9.54. The van der Waals surface area contributed by atoms with Crippen LogP contribution in [-0.2, 0) is 0 Å². The van der Waals surface area contributed by atoms with E-state index in [1.54, 1.807) is 24.3 Å². The van der Waals surface area contributed by atoms with E-state index < -0.39 is 0 Å². The number of urea groups is 1. The van der Waals surface area contributed by atoms with Gasteiger partial charge in [0, 0.05) is 17.1 Å². The van der Waals surface area contributed by atoms with Crippen LogP contribution in [0.25, 0.3) is 0 Å². The van der Waals surface area contributed by atoms with Crippen LogP contribution in [0, 0.1) is 0 Å². The molecule has 0 heterocycles. The number of nitrogen functional groups attached to an aromatic ring is 1. The number of nitrogens with two attached hydrogens (primary N) is 1. The molecule has 0 unspecified atom stereocenters. The number of amides is 2. The Kier molecular flexibility index (Phi) is 4.25. The van der Waals surface area contributed by atoms with Crippen molar-refractivity contribution >= 4 is 23.1 Å². The molecule has 4 nitrogen and oxygen atoms in total. The zero-order chi connectivity index (χ0) is 14.5. The smallest absolute Gasteiger partial charge is 0.323 e. The van der Waals surface area contributed by atoms with Crippen molar-refractivity contribution in [2.45, 2.75) is 19.8 Å². The lowest BCUT2D eigenvalue weighted by atomic mass is 10.0. The SMILES string of the molecule is CC(C)c1cccc(NC(=O)Nc2ccc(N)cc2)c1. The monoisotopic (exact) mass is 269 g/mol. The molecule has 0 fully saturated rings. The van der Waals surface area contributed by atoms with Crippen molar-refractivity contribution in [1.29, 1.82) is 0 Å². The molecule has 0 atom stereocenters. The third-order valence-corrected chi connectivity index (χ3v) is 2.98. The molecular weight excluding hydrogens is 250 g/mol. The zero-order valence-corrected chi connectivity index (χ0v) is 11.7. The summed E-state index contributed by atoms with van der Waals surface area (Å²) in [6.07, 6.45) is 0. The number of anilines is 3. The summed E-state index contributed by atoms with van der Waals surface area (Å²) in [5.41, 5.74) is 8.94. The molecule has 4 N–H and O–H groups in total. The van der Waals surface area contributed by atoms with E-state index in [0.717, 1.165) is 5.69 Å². The lowest BCUT2D eigenvalue weighted by Gasteiger charge is -2.10. The summed E-state index contributed by atoms with van der Waals surface area (Å²) >= 11 is 0. The Labute approximate surface area is 119 Å². The number of hydrogen-bond donors (Lipinski definition) is 3. The van der Waals surface area contributed by atoms with Crippen molar-refractivity contribution in [3.63, 3.8) is 0 Å². The molecule has 0 bridgehead atoms. The normalized spacial score (nSPS) is 10.3. The van der Waals surface area contributed by atoms with E-state index in [4.69, 9.17) is 5.73 Å². The van der Waals surface area contributed by atoms with Crippen LogP contribution >= 0.6 is 0 Å². The quantitative estimate of drug-likeness (QED) is 0.736. The largest absolute Gasteiger partial charge is 0.399 e. The summed E-state index contributed by atoms with van der Waals surface area (Å²) in [7, 11) is 0. The lowest BCUT2D eigenvalue weighted by Crippen LogP contribution is -2.19. The Morgan fingerprint density at radius 2 is 1.65 bits per heavy atom. The fourth-order valence-electron chi connectivity index (χ4n) is 1.84. The van der Waals surface area contributed by atoms with Crippen molar-refractivity contribution in [2.24, 2.45) is 0 Å². The maximum Gasteiger partial charge on any atom is 0.323 e. The van der Waals surface area contributed by atoms with Crippen LogP contribution in [-0.4, -0.2) is 6.03 Å². The highest BCUT2D eigenvalue weighted by atomic mass is 16.2. The molecule has 0 saturated heterocycles. The van der Waals surface area contributed by atoms with Gasteiger partial charge in [0.05, 0.1) is 0 Å². The van der Waals surface area contributed by atoms with Gasteiger partial charge in [-0.25, -0.2) is 4.79 Å². The van der Waals surface area contributed by atoms with Gasteiger partial charge >= 0.3 is 6.03 Å². The Morgan fingerprint density at radius 1 is 1.00 bits per heavy atom. The Morgan fingerprint density at radius 3 is 2.30 bits per heavy atom. The molecule has 104 valence electrons.